The lowest BCUT2D eigenvalue weighted by atomic mass is 10.1. The van der Waals surface area contributed by atoms with Crippen LogP contribution in [-0.2, 0) is 24.1 Å². The van der Waals surface area contributed by atoms with Gasteiger partial charge in [-0.25, -0.2) is 0 Å². The number of hydrogen-bond acceptors (Lipinski definition) is 4. The minimum atomic E-state index is -0.518. The van der Waals surface area contributed by atoms with Gasteiger partial charge in [0.2, 0.25) is 0 Å². The summed E-state index contributed by atoms with van der Waals surface area (Å²) in [4.78, 5) is 13.9. The first-order chi connectivity index (χ1) is 11.8. The number of hydrogen-bond donors (Lipinski definition) is 1. The third kappa shape index (κ3) is 2.67. The quantitative estimate of drug-likeness (QED) is 0.847. The van der Waals surface area contributed by atoms with Gasteiger partial charge in [0.1, 0.15) is 16.8 Å². The highest BCUT2D eigenvalue weighted by molar-refractivity contribution is 7.16. The van der Waals surface area contributed by atoms with Gasteiger partial charge in [-0.2, -0.15) is 5.26 Å². The first kappa shape index (κ1) is 15.2. The Hall–Kier alpha value is -2.32. The van der Waals surface area contributed by atoms with Crippen LogP contribution < -0.4 is 10.1 Å². The zero-order chi connectivity index (χ0) is 16.5. The van der Waals surface area contributed by atoms with Crippen molar-refractivity contribution < 1.29 is 9.53 Å². The van der Waals surface area contributed by atoms with Crippen molar-refractivity contribution in [2.75, 3.05) is 5.32 Å². The van der Waals surface area contributed by atoms with E-state index in [1.807, 2.05) is 24.3 Å². The Balaban J connectivity index is 1.54. The normalized spacial score (nSPS) is 18.7. The van der Waals surface area contributed by atoms with Gasteiger partial charge in [-0.3, -0.25) is 4.79 Å². The summed E-state index contributed by atoms with van der Waals surface area (Å²) in [7, 11) is 0. The molecule has 0 saturated heterocycles. The third-order valence-corrected chi connectivity index (χ3v) is 5.92. The van der Waals surface area contributed by atoms with Crippen molar-refractivity contribution in [1.29, 1.82) is 5.26 Å². The van der Waals surface area contributed by atoms with E-state index in [-0.39, 0.29) is 5.91 Å². The van der Waals surface area contributed by atoms with E-state index in [4.69, 9.17) is 4.74 Å². The van der Waals surface area contributed by atoms with Gasteiger partial charge in [-0.1, -0.05) is 24.6 Å². The molecule has 2 aliphatic rings. The summed E-state index contributed by atoms with van der Waals surface area (Å²) in [6, 6.07) is 10.0. The second kappa shape index (κ2) is 6.29. The number of fused-ring (bicyclic) bond motifs is 2. The first-order valence-electron chi connectivity index (χ1n) is 8.36. The number of amides is 1. The van der Waals surface area contributed by atoms with Crippen LogP contribution in [0.3, 0.4) is 0 Å². The second-order valence-corrected chi connectivity index (χ2v) is 7.39. The van der Waals surface area contributed by atoms with Crippen LogP contribution >= 0.6 is 11.3 Å². The topological polar surface area (TPSA) is 62.1 Å². The lowest BCUT2D eigenvalue weighted by Gasteiger charge is -2.10. The summed E-state index contributed by atoms with van der Waals surface area (Å²) >= 11 is 1.56. The van der Waals surface area contributed by atoms with Gasteiger partial charge < -0.3 is 10.1 Å². The van der Waals surface area contributed by atoms with Crippen LogP contribution in [0.4, 0.5) is 5.00 Å². The fourth-order valence-corrected chi connectivity index (χ4v) is 4.71. The Labute approximate surface area is 145 Å². The van der Waals surface area contributed by atoms with Crippen LogP contribution in [0.25, 0.3) is 0 Å². The summed E-state index contributed by atoms with van der Waals surface area (Å²) in [5.74, 6) is 0.610. The van der Waals surface area contributed by atoms with E-state index in [9.17, 15) is 10.1 Å². The SMILES string of the molecule is N#Cc1c(NC(=O)C2Cc3ccccc3O2)sc2c1CCCCC2. The number of thiophene rings is 1. The number of anilines is 1. The fraction of sp³-hybridized carbons (Fsp3) is 0.368. The number of benzene rings is 1. The molecule has 24 heavy (non-hydrogen) atoms. The molecule has 1 atom stereocenters. The molecular weight excluding hydrogens is 320 g/mol. The van der Waals surface area contributed by atoms with E-state index >= 15 is 0 Å². The number of nitrogens with one attached hydrogen (secondary N) is 1. The van der Waals surface area contributed by atoms with E-state index in [0.29, 0.717) is 17.0 Å². The number of rotatable bonds is 2. The zero-order valence-electron chi connectivity index (χ0n) is 13.3. The van der Waals surface area contributed by atoms with Gasteiger partial charge in [0.25, 0.3) is 5.91 Å². The Bertz CT molecular complexity index is 809. The average molecular weight is 338 g/mol. The first-order valence-corrected chi connectivity index (χ1v) is 9.18. The summed E-state index contributed by atoms with van der Waals surface area (Å²) in [6.45, 7) is 0. The molecule has 122 valence electrons. The largest absolute Gasteiger partial charge is 0.480 e. The summed E-state index contributed by atoms with van der Waals surface area (Å²) in [6.07, 6.45) is 5.50. The molecular formula is C19H18N2O2S. The van der Waals surface area contributed by atoms with Crippen molar-refractivity contribution in [3.05, 3.63) is 45.8 Å². The van der Waals surface area contributed by atoms with Gasteiger partial charge in [0, 0.05) is 11.3 Å². The Morgan fingerprint density at radius 1 is 1.25 bits per heavy atom. The molecule has 4 rings (SSSR count). The molecule has 0 spiro atoms. The van der Waals surface area contributed by atoms with Crippen molar-refractivity contribution in [1.82, 2.24) is 0 Å². The maximum atomic E-state index is 12.6. The predicted octanol–water partition coefficient (Wildman–Crippen LogP) is 3.83. The Kier molecular flexibility index (Phi) is 3.99. The fourth-order valence-electron chi connectivity index (χ4n) is 3.47. The lowest BCUT2D eigenvalue weighted by Crippen LogP contribution is -2.31. The van der Waals surface area contributed by atoms with Crippen molar-refractivity contribution in [3.63, 3.8) is 0 Å². The number of nitriles is 1. The molecule has 0 bridgehead atoms. The second-order valence-electron chi connectivity index (χ2n) is 6.29. The summed E-state index contributed by atoms with van der Waals surface area (Å²) < 4.78 is 5.75. The molecule has 0 saturated carbocycles. The van der Waals surface area contributed by atoms with Crippen molar-refractivity contribution in [3.8, 4) is 11.8 Å². The molecule has 4 nitrogen and oxygen atoms in total. The zero-order valence-corrected chi connectivity index (χ0v) is 14.1. The van der Waals surface area contributed by atoms with Crippen molar-refractivity contribution in [2.24, 2.45) is 0 Å². The van der Waals surface area contributed by atoms with Crippen molar-refractivity contribution in [2.45, 2.75) is 44.6 Å². The molecule has 5 heteroatoms. The summed E-state index contributed by atoms with van der Waals surface area (Å²) in [5, 5.41) is 13.2. The molecule has 0 fully saturated rings. The Morgan fingerprint density at radius 3 is 2.92 bits per heavy atom. The molecule has 1 aliphatic heterocycles. The molecule has 2 aromatic rings. The van der Waals surface area contributed by atoms with Crippen LogP contribution in [0.5, 0.6) is 5.75 Å². The monoisotopic (exact) mass is 338 g/mol. The molecule has 1 N–H and O–H groups in total. The molecule has 1 aromatic heterocycles. The van der Waals surface area contributed by atoms with Gasteiger partial charge in [-0.05, 0) is 42.9 Å². The standard InChI is InChI=1S/C19H18N2O2S/c20-11-14-13-7-2-1-3-9-17(13)24-19(14)21-18(22)16-10-12-6-4-5-8-15(12)23-16/h4-6,8,16H,1-3,7,9-10H2,(H,21,22). The van der Waals surface area contributed by atoms with Gasteiger partial charge in [0.15, 0.2) is 6.10 Å². The smallest absolute Gasteiger partial charge is 0.266 e. The lowest BCUT2D eigenvalue weighted by molar-refractivity contribution is -0.122. The molecule has 1 aromatic carbocycles. The highest BCUT2D eigenvalue weighted by Crippen LogP contribution is 2.37. The highest BCUT2D eigenvalue weighted by atomic mass is 32.1. The highest BCUT2D eigenvalue weighted by Gasteiger charge is 2.30. The third-order valence-electron chi connectivity index (χ3n) is 4.71. The number of nitrogens with zero attached hydrogens (tertiary/aromatic N) is 1. The van der Waals surface area contributed by atoms with Crippen LogP contribution in [0.1, 0.15) is 40.8 Å². The number of para-hydroxylation sites is 1. The van der Waals surface area contributed by atoms with Gasteiger partial charge in [0.05, 0.1) is 5.56 Å². The average Bonchev–Trinajstić information content (AvgIpc) is 3.09. The van der Waals surface area contributed by atoms with E-state index in [1.165, 1.54) is 11.3 Å². The van der Waals surface area contributed by atoms with Crippen LogP contribution in [0, 0.1) is 11.3 Å². The maximum absolute atomic E-state index is 12.6. The molecule has 1 amide bonds. The van der Waals surface area contributed by atoms with Gasteiger partial charge >= 0.3 is 0 Å². The number of aryl methyl sites for hydroxylation is 1. The van der Waals surface area contributed by atoms with E-state index in [1.54, 1.807) is 11.3 Å². The molecule has 1 unspecified atom stereocenters. The molecule has 2 heterocycles. The minimum Gasteiger partial charge on any atom is -0.480 e. The number of ether oxygens (including phenoxy) is 1. The van der Waals surface area contributed by atoms with Crippen LogP contribution in [0.2, 0.25) is 0 Å². The maximum Gasteiger partial charge on any atom is 0.266 e. The number of carbonyl (C=O) groups is 1. The van der Waals surface area contributed by atoms with E-state index in [0.717, 1.165) is 42.6 Å². The molecule has 1 aliphatic carbocycles. The minimum absolute atomic E-state index is 0.167. The van der Waals surface area contributed by atoms with Gasteiger partial charge in [-0.15, -0.1) is 11.3 Å². The summed E-state index contributed by atoms with van der Waals surface area (Å²) in [5.41, 5.74) is 2.85. The van der Waals surface area contributed by atoms with Crippen molar-refractivity contribution >= 4 is 22.2 Å². The van der Waals surface area contributed by atoms with E-state index < -0.39 is 6.10 Å². The van der Waals surface area contributed by atoms with E-state index in [2.05, 4.69) is 11.4 Å². The van der Waals surface area contributed by atoms with Crippen LogP contribution in [0.15, 0.2) is 24.3 Å². The Morgan fingerprint density at radius 2 is 2.08 bits per heavy atom. The van der Waals surface area contributed by atoms with Crippen LogP contribution in [-0.4, -0.2) is 12.0 Å². The number of carbonyl (C=O) groups excluding carboxylic acids is 1. The predicted molar refractivity (Wildman–Crippen MR) is 93.5 cm³/mol. The molecule has 0 radical (unpaired) electrons.